The molecule has 0 saturated heterocycles. The molecule has 0 N–H and O–H groups in total. The van der Waals surface area contributed by atoms with Crippen LogP contribution in [0.4, 0.5) is 0 Å². The van der Waals surface area contributed by atoms with Crippen molar-refractivity contribution in [1.29, 1.82) is 0 Å². The Labute approximate surface area is 74.0 Å². The van der Waals surface area contributed by atoms with Crippen molar-refractivity contribution in [2.75, 3.05) is 0 Å². The molecule has 0 amide bonds. The fraction of sp³-hybridized carbons (Fsp3) is 0.500. The molecule has 0 spiro atoms. The summed E-state index contributed by atoms with van der Waals surface area (Å²) in [6, 6.07) is 0. The van der Waals surface area contributed by atoms with Gasteiger partial charge in [-0.25, -0.2) is 0 Å². The van der Waals surface area contributed by atoms with Crippen molar-refractivity contribution in [2.24, 2.45) is 0 Å². The quantitative estimate of drug-likeness (QED) is 0.328. The maximum absolute atomic E-state index is 6.08. The molecule has 4 heteroatoms. The minimum atomic E-state index is 0. The van der Waals surface area contributed by atoms with E-state index in [0.29, 0.717) is 0 Å². The average molecular weight is 184 g/mol. The molecule has 0 bridgehead atoms. The zero-order valence-corrected chi connectivity index (χ0v) is 7.04. The predicted octanol–water partition coefficient (Wildman–Crippen LogP) is -8.15. The number of halogens is 3. The minimum Gasteiger partial charge on any atom is -1.00 e. The van der Waals surface area contributed by atoms with Crippen molar-refractivity contribution in [3.63, 3.8) is 0 Å². The van der Waals surface area contributed by atoms with Crippen LogP contribution in [0.1, 0.15) is 8.29 Å². The summed E-state index contributed by atoms with van der Waals surface area (Å²) in [5, 5.41) is 0. The Morgan fingerprint density at radius 3 is 1.33 bits per heavy atom. The third-order valence-corrected chi connectivity index (χ3v) is 0. The molecule has 0 aromatic heterocycles. The van der Waals surface area contributed by atoms with Crippen LogP contribution in [-0.2, 0) is 21.7 Å². The molecular formula is C2H5Cl3Ti. The SMILES string of the molecule is [2H][CH]C.[Cl-].[Cl-].[Cl-].[Ti+3]. The zero-order valence-electron chi connectivity index (χ0n) is 4.21. The monoisotopic (exact) mass is 183 g/mol. The molecule has 0 unspecified atom stereocenters. The molecule has 0 rings (SSSR count). The van der Waals surface area contributed by atoms with Crippen LogP contribution < -0.4 is 37.2 Å². The van der Waals surface area contributed by atoms with Gasteiger partial charge in [-0.05, 0) is 0 Å². The van der Waals surface area contributed by atoms with Gasteiger partial charge in [0, 0.05) is 1.37 Å². The molecule has 2 radical (unpaired) electrons. The first-order valence-corrected chi connectivity index (χ1v) is 0.577. The molecular weight excluding hydrogens is 178 g/mol. The van der Waals surface area contributed by atoms with Gasteiger partial charge >= 0.3 is 21.7 Å². The molecule has 0 aliphatic carbocycles. The topological polar surface area (TPSA) is 0 Å². The van der Waals surface area contributed by atoms with Gasteiger partial charge in [-0.2, -0.15) is 0 Å². The van der Waals surface area contributed by atoms with E-state index in [4.69, 9.17) is 1.37 Å². The summed E-state index contributed by atoms with van der Waals surface area (Å²) < 4.78 is 6.08. The summed E-state index contributed by atoms with van der Waals surface area (Å²) in [5.74, 6) is 0. The number of hydrogen-bond donors (Lipinski definition) is 0. The maximum Gasteiger partial charge on any atom is 3.00 e. The molecule has 0 aromatic carbocycles. The molecule has 0 aromatic rings. The van der Waals surface area contributed by atoms with Crippen molar-refractivity contribution in [2.45, 2.75) is 6.92 Å². The van der Waals surface area contributed by atoms with Gasteiger partial charge in [0.05, 0.1) is 0 Å². The van der Waals surface area contributed by atoms with Gasteiger partial charge in [0.1, 0.15) is 0 Å². The zero-order chi connectivity index (χ0) is 2.71. The van der Waals surface area contributed by atoms with Crippen molar-refractivity contribution in [3.05, 3.63) is 6.90 Å². The van der Waals surface area contributed by atoms with Crippen molar-refractivity contribution < 1.29 is 60.3 Å². The fourth-order valence-corrected chi connectivity index (χ4v) is 0. The first kappa shape index (κ1) is 25.6. The number of hydrogen-bond acceptors (Lipinski definition) is 0. The van der Waals surface area contributed by atoms with Gasteiger partial charge in [0.25, 0.3) is 0 Å². The first-order chi connectivity index (χ1) is 1.41. The summed E-state index contributed by atoms with van der Waals surface area (Å²) in [5.41, 5.74) is 0. The third kappa shape index (κ3) is 46.8. The average Bonchev–Trinajstić information content (AvgIpc) is 0.918. The molecule has 0 saturated carbocycles. The molecule has 0 fully saturated rings. The Morgan fingerprint density at radius 1 is 1.33 bits per heavy atom. The first-order valence-electron chi connectivity index (χ1n) is 1.15. The molecule has 6 heavy (non-hydrogen) atoms. The van der Waals surface area contributed by atoms with Gasteiger partial charge in [0.2, 0.25) is 0 Å². The van der Waals surface area contributed by atoms with Gasteiger partial charge in [-0.15, -0.1) is 0 Å². The smallest absolute Gasteiger partial charge is 1.00 e. The second kappa shape index (κ2) is 81.8. The normalized spacial score (nSPS) is 3.17. The van der Waals surface area contributed by atoms with Crippen LogP contribution in [-0.4, -0.2) is 0 Å². The van der Waals surface area contributed by atoms with E-state index in [1.54, 1.807) is 6.92 Å². The standard InChI is InChI=1S/C2H5.3ClH.Ti/c1-2;;;;/h1H2,2H3;3*1H;/q;;;;+3/p-3/i1D;;;;. The molecule has 0 aliphatic rings. The molecule has 0 atom stereocenters. The van der Waals surface area contributed by atoms with Crippen LogP contribution in [0.2, 0.25) is 0 Å². The van der Waals surface area contributed by atoms with Crippen molar-refractivity contribution in [3.8, 4) is 0 Å². The van der Waals surface area contributed by atoms with E-state index < -0.39 is 0 Å². The van der Waals surface area contributed by atoms with Crippen LogP contribution in [0, 0.1) is 6.90 Å². The van der Waals surface area contributed by atoms with Crippen LogP contribution in [0.3, 0.4) is 0 Å². The Kier molecular flexibility index (Phi) is 349. The summed E-state index contributed by atoms with van der Waals surface area (Å²) in [4.78, 5) is 0. The second-order valence-corrected chi connectivity index (χ2v) is 0. The van der Waals surface area contributed by atoms with E-state index >= 15 is 0 Å². The Morgan fingerprint density at radius 2 is 1.33 bits per heavy atom. The molecule has 38 valence electrons. The van der Waals surface area contributed by atoms with Crippen LogP contribution >= 0.6 is 0 Å². The summed E-state index contributed by atoms with van der Waals surface area (Å²) >= 11 is 0. The van der Waals surface area contributed by atoms with Crippen LogP contribution in [0.5, 0.6) is 0 Å². The van der Waals surface area contributed by atoms with Gasteiger partial charge in [-0.3, -0.25) is 0 Å². The predicted molar refractivity (Wildman–Crippen MR) is 11.0 cm³/mol. The van der Waals surface area contributed by atoms with Gasteiger partial charge < -0.3 is 37.2 Å². The Hall–Kier alpha value is 1.58. The fourth-order valence-electron chi connectivity index (χ4n) is 0. The van der Waals surface area contributed by atoms with E-state index in [1.165, 1.54) is 6.90 Å². The number of rotatable bonds is 0. The van der Waals surface area contributed by atoms with E-state index in [-0.39, 0.29) is 58.9 Å². The summed E-state index contributed by atoms with van der Waals surface area (Å²) in [6.45, 7) is 2.92. The minimum absolute atomic E-state index is 0. The maximum atomic E-state index is 6.08. The van der Waals surface area contributed by atoms with Gasteiger partial charge in [-0.1, -0.05) is 13.8 Å². The second-order valence-electron chi connectivity index (χ2n) is 0. The van der Waals surface area contributed by atoms with Crippen molar-refractivity contribution >= 4 is 0 Å². The summed E-state index contributed by atoms with van der Waals surface area (Å²) in [6.07, 6.45) is 0. The molecule has 0 aliphatic heterocycles. The van der Waals surface area contributed by atoms with Crippen LogP contribution in [0.15, 0.2) is 0 Å². The van der Waals surface area contributed by atoms with Crippen molar-refractivity contribution in [1.82, 2.24) is 0 Å². The molecule has 0 nitrogen and oxygen atoms in total. The van der Waals surface area contributed by atoms with Crippen LogP contribution in [0.25, 0.3) is 0 Å². The summed E-state index contributed by atoms with van der Waals surface area (Å²) in [7, 11) is 0. The Balaban J connectivity index is -0.00000000333. The largest absolute Gasteiger partial charge is 3.00 e. The Bertz CT molecular complexity index is 12.9. The molecule has 0 heterocycles. The van der Waals surface area contributed by atoms with E-state index in [2.05, 4.69) is 0 Å². The van der Waals surface area contributed by atoms with Gasteiger partial charge in [0.15, 0.2) is 0 Å². The van der Waals surface area contributed by atoms with E-state index in [1.807, 2.05) is 0 Å². The van der Waals surface area contributed by atoms with E-state index in [0.717, 1.165) is 0 Å². The van der Waals surface area contributed by atoms with E-state index in [9.17, 15) is 0 Å². The third-order valence-electron chi connectivity index (χ3n) is 0.